The van der Waals surface area contributed by atoms with E-state index in [0.717, 1.165) is 10.9 Å². The van der Waals surface area contributed by atoms with Gasteiger partial charge in [0.2, 0.25) is 0 Å². The van der Waals surface area contributed by atoms with Crippen molar-refractivity contribution in [1.29, 1.82) is 0 Å². The summed E-state index contributed by atoms with van der Waals surface area (Å²) < 4.78 is 5.46. The first-order chi connectivity index (χ1) is 12.5. The molecule has 0 bridgehead atoms. The molecule has 9 heteroatoms. The van der Waals surface area contributed by atoms with Gasteiger partial charge in [-0.15, -0.1) is 0 Å². The Kier molecular flexibility index (Phi) is 3.96. The summed E-state index contributed by atoms with van der Waals surface area (Å²) in [7, 11) is 0. The van der Waals surface area contributed by atoms with Gasteiger partial charge in [0, 0.05) is 35.5 Å². The lowest BCUT2D eigenvalue weighted by molar-refractivity contribution is -0.137. The summed E-state index contributed by atoms with van der Waals surface area (Å²) in [5, 5.41) is 13.4. The Morgan fingerprint density at radius 1 is 1.46 bits per heavy atom. The van der Waals surface area contributed by atoms with Crippen molar-refractivity contribution < 1.29 is 14.3 Å². The van der Waals surface area contributed by atoms with Crippen LogP contribution < -0.4 is 5.32 Å². The van der Waals surface area contributed by atoms with Crippen molar-refractivity contribution >= 4 is 45.5 Å². The molecule has 0 aliphatic heterocycles. The Bertz CT molecular complexity index is 1120. The highest BCUT2D eigenvalue weighted by atomic mass is 35.5. The van der Waals surface area contributed by atoms with Crippen molar-refractivity contribution in [1.82, 2.24) is 19.9 Å². The smallest absolute Gasteiger partial charge is 0.305 e. The maximum atomic E-state index is 10.9. The van der Waals surface area contributed by atoms with E-state index in [1.54, 1.807) is 31.5 Å². The molecule has 0 spiro atoms. The Morgan fingerprint density at radius 2 is 2.31 bits per heavy atom. The van der Waals surface area contributed by atoms with Gasteiger partial charge < -0.3 is 19.8 Å². The van der Waals surface area contributed by atoms with Gasteiger partial charge in [-0.3, -0.25) is 4.79 Å². The standard InChI is InChI=1S/C17H14ClN5O3/c1-8(4-13(24)25)21-17-14-12(2-3-26-14)22-16(23-17)11-7-20-15-10(11)5-9(18)6-19-15/h2-3,5-8H,4H2,1H3,(H,19,20)(H,24,25)(H,21,22,23). The first kappa shape index (κ1) is 16.3. The number of halogens is 1. The number of carbonyl (C=O) groups is 1. The van der Waals surface area contributed by atoms with Crippen LogP contribution in [0.25, 0.3) is 33.5 Å². The highest BCUT2D eigenvalue weighted by Gasteiger charge is 2.17. The summed E-state index contributed by atoms with van der Waals surface area (Å²) in [4.78, 5) is 27.3. The second kappa shape index (κ2) is 6.30. The molecule has 0 aromatic carbocycles. The molecule has 26 heavy (non-hydrogen) atoms. The minimum atomic E-state index is -0.896. The van der Waals surface area contributed by atoms with Gasteiger partial charge in [-0.05, 0) is 13.0 Å². The van der Waals surface area contributed by atoms with Crippen LogP contribution in [0.3, 0.4) is 0 Å². The zero-order valence-electron chi connectivity index (χ0n) is 13.7. The highest BCUT2D eigenvalue weighted by Crippen LogP contribution is 2.31. The largest absolute Gasteiger partial charge is 0.481 e. The number of aromatic nitrogens is 4. The molecule has 8 nitrogen and oxygen atoms in total. The van der Waals surface area contributed by atoms with E-state index in [1.165, 1.54) is 6.26 Å². The first-order valence-electron chi connectivity index (χ1n) is 7.88. The molecular weight excluding hydrogens is 358 g/mol. The second-order valence-corrected chi connectivity index (χ2v) is 6.36. The molecule has 0 fully saturated rings. The Balaban J connectivity index is 1.82. The van der Waals surface area contributed by atoms with E-state index in [4.69, 9.17) is 21.1 Å². The molecule has 0 amide bonds. The van der Waals surface area contributed by atoms with Gasteiger partial charge in [0.25, 0.3) is 0 Å². The van der Waals surface area contributed by atoms with Crippen LogP contribution in [-0.2, 0) is 4.79 Å². The van der Waals surface area contributed by atoms with Crippen molar-refractivity contribution in [3.8, 4) is 11.4 Å². The number of hydrogen-bond acceptors (Lipinski definition) is 6. The fourth-order valence-electron chi connectivity index (χ4n) is 2.79. The van der Waals surface area contributed by atoms with Crippen molar-refractivity contribution in [2.45, 2.75) is 19.4 Å². The van der Waals surface area contributed by atoms with Crippen LogP contribution >= 0.6 is 11.6 Å². The highest BCUT2D eigenvalue weighted by molar-refractivity contribution is 6.31. The van der Waals surface area contributed by atoms with Gasteiger partial charge in [-0.1, -0.05) is 11.6 Å². The second-order valence-electron chi connectivity index (χ2n) is 5.93. The van der Waals surface area contributed by atoms with E-state index < -0.39 is 5.97 Å². The van der Waals surface area contributed by atoms with E-state index in [9.17, 15) is 4.79 Å². The lowest BCUT2D eigenvalue weighted by Gasteiger charge is -2.13. The Labute approximate surface area is 152 Å². The normalized spacial score (nSPS) is 12.5. The van der Waals surface area contributed by atoms with Gasteiger partial charge in [0.15, 0.2) is 17.2 Å². The van der Waals surface area contributed by atoms with Crippen molar-refractivity contribution in [3.63, 3.8) is 0 Å². The lowest BCUT2D eigenvalue weighted by atomic mass is 10.2. The van der Waals surface area contributed by atoms with Crippen LogP contribution in [0.4, 0.5) is 5.82 Å². The van der Waals surface area contributed by atoms with Crippen LogP contribution in [-0.4, -0.2) is 37.1 Å². The number of rotatable bonds is 5. The number of nitrogens with zero attached hydrogens (tertiary/aromatic N) is 3. The topological polar surface area (TPSA) is 117 Å². The number of nitrogens with one attached hydrogen (secondary N) is 2. The number of anilines is 1. The Morgan fingerprint density at radius 3 is 3.12 bits per heavy atom. The third-order valence-electron chi connectivity index (χ3n) is 3.91. The molecule has 1 unspecified atom stereocenters. The van der Waals surface area contributed by atoms with E-state index in [2.05, 4.69) is 25.3 Å². The summed E-state index contributed by atoms with van der Waals surface area (Å²) in [5.74, 6) is -0.000331. The third-order valence-corrected chi connectivity index (χ3v) is 4.11. The summed E-state index contributed by atoms with van der Waals surface area (Å²) >= 11 is 6.06. The van der Waals surface area contributed by atoms with Crippen LogP contribution in [0, 0.1) is 0 Å². The molecule has 4 heterocycles. The molecule has 0 aliphatic carbocycles. The van der Waals surface area contributed by atoms with Crippen molar-refractivity contribution in [3.05, 3.63) is 35.8 Å². The van der Waals surface area contributed by atoms with E-state index in [1.807, 2.05) is 0 Å². The minimum Gasteiger partial charge on any atom is -0.481 e. The number of furan rings is 1. The average molecular weight is 372 g/mol. The predicted molar refractivity (Wildman–Crippen MR) is 97.2 cm³/mol. The first-order valence-corrected chi connectivity index (χ1v) is 8.25. The fraction of sp³-hybridized carbons (Fsp3) is 0.176. The van der Waals surface area contributed by atoms with Crippen LogP contribution in [0.1, 0.15) is 13.3 Å². The maximum absolute atomic E-state index is 10.9. The molecule has 4 rings (SSSR count). The van der Waals surface area contributed by atoms with E-state index >= 15 is 0 Å². The summed E-state index contributed by atoms with van der Waals surface area (Å²) in [6, 6.07) is 3.19. The van der Waals surface area contributed by atoms with E-state index in [0.29, 0.717) is 33.4 Å². The summed E-state index contributed by atoms with van der Waals surface area (Å²) in [5.41, 5.74) is 2.51. The number of aliphatic carboxylic acids is 1. The van der Waals surface area contributed by atoms with Crippen molar-refractivity contribution in [2.24, 2.45) is 0 Å². The molecular formula is C17H14ClN5O3. The molecule has 3 N–H and O–H groups in total. The lowest BCUT2D eigenvalue weighted by Crippen LogP contribution is -2.20. The fourth-order valence-corrected chi connectivity index (χ4v) is 2.95. The third kappa shape index (κ3) is 2.95. The zero-order chi connectivity index (χ0) is 18.3. The van der Waals surface area contributed by atoms with Crippen LogP contribution in [0.5, 0.6) is 0 Å². The summed E-state index contributed by atoms with van der Waals surface area (Å²) in [6.45, 7) is 1.76. The number of hydrogen-bond donors (Lipinski definition) is 3. The van der Waals surface area contributed by atoms with Gasteiger partial charge in [0.05, 0.1) is 17.7 Å². The van der Waals surface area contributed by atoms with Gasteiger partial charge in [-0.2, -0.15) is 0 Å². The minimum absolute atomic E-state index is 0.0475. The monoisotopic (exact) mass is 371 g/mol. The number of carboxylic acids is 1. The molecule has 4 aromatic heterocycles. The number of aromatic amines is 1. The number of fused-ring (bicyclic) bond motifs is 2. The van der Waals surface area contributed by atoms with Crippen LogP contribution in [0.2, 0.25) is 5.02 Å². The van der Waals surface area contributed by atoms with Crippen molar-refractivity contribution in [2.75, 3.05) is 5.32 Å². The Hall–Kier alpha value is -3.13. The zero-order valence-corrected chi connectivity index (χ0v) is 14.4. The molecule has 0 saturated carbocycles. The number of carboxylic acid groups (broad SMARTS) is 1. The van der Waals surface area contributed by atoms with Gasteiger partial charge in [-0.25, -0.2) is 15.0 Å². The van der Waals surface area contributed by atoms with Gasteiger partial charge in [0.1, 0.15) is 11.2 Å². The van der Waals surface area contributed by atoms with Gasteiger partial charge >= 0.3 is 5.97 Å². The summed E-state index contributed by atoms with van der Waals surface area (Å²) in [6.07, 6.45) is 4.79. The quantitative estimate of drug-likeness (QED) is 0.489. The molecule has 4 aromatic rings. The van der Waals surface area contributed by atoms with Crippen LogP contribution in [0.15, 0.2) is 35.2 Å². The maximum Gasteiger partial charge on any atom is 0.305 e. The van der Waals surface area contributed by atoms with E-state index in [-0.39, 0.29) is 12.5 Å². The molecule has 0 saturated heterocycles. The molecule has 132 valence electrons. The average Bonchev–Trinajstić information content (AvgIpc) is 3.19. The predicted octanol–water partition coefficient (Wildman–Crippen LogP) is 3.69. The molecule has 0 radical (unpaired) electrons. The SMILES string of the molecule is CC(CC(=O)O)Nc1nc(-c2c[nH]c3ncc(Cl)cc23)nc2ccoc12. The molecule has 0 aliphatic rings. The number of H-pyrrole nitrogens is 1. The number of pyridine rings is 1. The molecule has 1 atom stereocenters.